The Kier molecular flexibility index (Phi) is 6.62. The molecule has 0 saturated heterocycles. The van der Waals surface area contributed by atoms with Gasteiger partial charge in [0, 0.05) is 38.4 Å². The second-order valence-electron chi connectivity index (χ2n) is 6.20. The average Bonchev–Trinajstić information content (AvgIpc) is 3.12. The Bertz CT molecular complexity index is 754. The molecule has 1 aromatic carbocycles. The van der Waals surface area contributed by atoms with E-state index >= 15 is 0 Å². The molecule has 3 rings (SSSR count). The summed E-state index contributed by atoms with van der Waals surface area (Å²) >= 11 is 0. The summed E-state index contributed by atoms with van der Waals surface area (Å²) in [6.45, 7) is 4.42. The Balaban J connectivity index is 1.42. The van der Waals surface area contributed by atoms with E-state index in [1.165, 1.54) is 5.56 Å². The first-order valence-electron chi connectivity index (χ1n) is 9.21. The van der Waals surface area contributed by atoms with Crippen LogP contribution in [-0.2, 0) is 6.42 Å². The number of nitrogens with one attached hydrogen (secondary N) is 3. The van der Waals surface area contributed by atoms with Gasteiger partial charge in [-0.3, -0.25) is 9.78 Å². The molecule has 1 aliphatic heterocycles. The second-order valence-corrected chi connectivity index (χ2v) is 6.20. The molecule has 1 amide bonds. The fraction of sp³-hybridized carbons (Fsp3) is 0.350. The van der Waals surface area contributed by atoms with Crippen LogP contribution in [-0.4, -0.2) is 49.1 Å². The third-order valence-electron chi connectivity index (χ3n) is 4.14. The van der Waals surface area contributed by atoms with Crippen molar-refractivity contribution in [1.82, 2.24) is 20.9 Å². The minimum Gasteiger partial charge on any atom is -0.488 e. The Hall–Kier alpha value is -3.09. The molecule has 0 radical (unpaired) electrons. The maximum atomic E-state index is 12.0. The van der Waals surface area contributed by atoms with Gasteiger partial charge in [-0.05, 0) is 30.7 Å². The number of guanidine groups is 1. The van der Waals surface area contributed by atoms with E-state index < -0.39 is 0 Å². The highest BCUT2D eigenvalue weighted by atomic mass is 16.5. The van der Waals surface area contributed by atoms with Crippen molar-refractivity contribution in [3.63, 3.8) is 0 Å². The number of nitrogens with zero attached hydrogens (tertiary/aromatic N) is 2. The Labute approximate surface area is 159 Å². The first-order valence-corrected chi connectivity index (χ1v) is 9.21. The van der Waals surface area contributed by atoms with Gasteiger partial charge in [-0.15, -0.1) is 0 Å². The fourth-order valence-electron chi connectivity index (χ4n) is 2.85. The van der Waals surface area contributed by atoms with Crippen molar-refractivity contribution < 1.29 is 9.53 Å². The molecule has 1 aliphatic rings. The summed E-state index contributed by atoms with van der Waals surface area (Å²) in [7, 11) is 0. The van der Waals surface area contributed by atoms with Crippen molar-refractivity contribution in [1.29, 1.82) is 0 Å². The first kappa shape index (κ1) is 18.7. The van der Waals surface area contributed by atoms with E-state index in [9.17, 15) is 4.79 Å². The number of aromatic nitrogens is 1. The van der Waals surface area contributed by atoms with Gasteiger partial charge < -0.3 is 20.7 Å². The van der Waals surface area contributed by atoms with Crippen molar-refractivity contribution >= 4 is 11.9 Å². The molecule has 0 aliphatic carbocycles. The maximum Gasteiger partial charge on any atom is 0.252 e. The lowest BCUT2D eigenvalue weighted by molar-refractivity contribution is 0.0954. The van der Waals surface area contributed by atoms with Gasteiger partial charge in [0.2, 0.25) is 0 Å². The highest BCUT2D eigenvalue weighted by Crippen LogP contribution is 2.28. The minimum absolute atomic E-state index is 0.0585. The number of amides is 1. The number of para-hydroxylation sites is 1. The molecule has 0 saturated carbocycles. The first-order chi connectivity index (χ1) is 13.3. The molecular formula is C20H25N5O2. The molecule has 3 N–H and O–H groups in total. The molecule has 1 aromatic heterocycles. The van der Waals surface area contributed by atoms with Crippen LogP contribution in [0.2, 0.25) is 0 Å². The van der Waals surface area contributed by atoms with Gasteiger partial charge in [-0.2, -0.15) is 0 Å². The zero-order chi connectivity index (χ0) is 18.9. The van der Waals surface area contributed by atoms with Gasteiger partial charge in [0.15, 0.2) is 5.96 Å². The van der Waals surface area contributed by atoms with E-state index in [1.54, 1.807) is 24.5 Å². The lowest BCUT2D eigenvalue weighted by atomic mass is 10.1. The van der Waals surface area contributed by atoms with Crippen LogP contribution < -0.4 is 20.7 Å². The zero-order valence-corrected chi connectivity index (χ0v) is 15.4. The van der Waals surface area contributed by atoms with Crippen molar-refractivity contribution in [2.24, 2.45) is 4.99 Å². The van der Waals surface area contributed by atoms with E-state index in [4.69, 9.17) is 4.74 Å². The number of hydrogen-bond acceptors (Lipinski definition) is 4. The molecular weight excluding hydrogens is 342 g/mol. The fourth-order valence-corrected chi connectivity index (χ4v) is 2.85. The summed E-state index contributed by atoms with van der Waals surface area (Å²) in [5.74, 6) is 1.53. The average molecular weight is 367 g/mol. The quantitative estimate of drug-likeness (QED) is 0.391. The molecule has 0 fully saturated rings. The molecule has 0 spiro atoms. The normalized spacial score (nSPS) is 15.6. The Morgan fingerprint density at radius 2 is 2.04 bits per heavy atom. The monoisotopic (exact) mass is 367 g/mol. The Morgan fingerprint density at radius 1 is 1.19 bits per heavy atom. The number of hydrogen-bond donors (Lipinski definition) is 3. The molecule has 27 heavy (non-hydrogen) atoms. The van der Waals surface area contributed by atoms with E-state index in [1.807, 2.05) is 25.1 Å². The molecule has 142 valence electrons. The van der Waals surface area contributed by atoms with E-state index in [0.717, 1.165) is 18.7 Å². The predicted octanol–water partition coefficient (Wildman–Crippen LogP) is 1.37. The minimum atomic E-state index is -0.135. The van der Waals surface area contributed by atoms with Crippen LogP contribution in [0.4, 0.5) is 0 Å². The summed E-state index contributed by atoms with van der Waals surface area (Å²) in [4.78, 5) is 20.5. The van der Waals surface area contributed by atoms with Crippen LogP contribution in [0.5, 0.6) is 5.75 Å². The van der Waals surface area contributed by atoms with Gasteiger partial charge in [0.1, 0.15) is 11.9 Å². The standard InChI is InChI=1S/C20H25N5O2/c1-2-22-20(24-11-10-23-19(26)16-7-5-9-21-13-16)25-14-17-12-15-6-3-4-8-18(15)27-17/h3-9,13,17H,2,10-12,14H2,1H3,(H,23,26)(H2,22,24,25). The largest absolute Gasteiger partial charge is 0.488 e. The van der Waals surface area contributed by atoms with Crippen LogP contribution in [0.25, 0.3) is 0 Å². The van der Waals surface area contributed by atoms with Gasteiger partial charge in [-0.25, -0.2) is 4.99 Å². The van der Waals surface area contributed by atoms with Gasteiger partial charge >= 0.3 is 0 Å². The topological polar surface area (TPSA) is 87.6 Å². The summed E-state index contributed by atoms with van der Waals surface area (Å²) in [6, 6.07) is 11.6. The number of carbonyl (C=O) groups excluding carboxylic acids is 1. The molecule has 0 bridgehead atoms. The number of ether oxygens (including phenoxy) is 1. The zero-order valence-electron chi connectivity index (χ0n) is 15.4. The smallest absolute Gasteiger partial charge is 0.252 e. The summed E-state index contributed by atoms with van der Waals surface area (Å²) in [5.41, 5.74) is 1.78. The summed E-state index contributed by atoms with van der Waals surface area (Å²) < 4.78 is 5.92. The highest BCUT2D eigenvalue weighted by molar-refractivity contribution is 5.93. The van der Waals surface area contributed by atoms with Crippen LogP contribution in [0.15, 0.2) is 53.8 Å². The summed E-state index contributed by atoms with van der Waals surface area (Å²) in [6.07, 6.45) is 4.13. The molecule has 1 unspecified atom stereocenters. The SMILES string of the molecule is CCNC(=NCC1Cc2ccccc2O1)NCCNC(=O)c1cccnc1. The van der Waals surface area contributed by atoms with Crippen LogP contribution in [0.1, 0.15) is 22.8 Å². The van der Waals surface area contributed by atoms with Crippen LogP contribution in [0.3, 0.4) is 0 Å². The number of aliphatic imine (C=N–C) groups is 1. The van der Waals surface area contributed by atoms with Gasteiger partial charge in [0.05, 0.1) is 12.1 Å². The predicted molar refractivity (Wildman–Crippen MR) is 105 cm³/mol. The number of fused-ring (bicyclic) bond motifs is 1. The van der Waals surface area contributed by atoms with E-state index in [2.05, 4.69) is 32.0 Å². The molecule has 2 heterocycles. The number of benzene rings is 1. The van der Waals surface area contributed by atoms with Crippen molar-refractivity contribution in [2.45, 2.75) is 19.4 Å². The van der Waals surface area contributed by atoms with Crippen molar-refractivity contribution in [3.8, 4) is 5.75 Å². The summed E-state index contributed by atoms with van der Waals surface area (Å²) in [5, 5.41) is 9.29. The van der Waals surface area contributed by atoms with Crippen molar-refractivity contribution in [2.75, 3.05) is 26.2 Å². The molecule has 7 heteroatoms. The molecule has 1 atom stereocenters. The van der Waals surface area contributed by atoms with Crippen LogP contribution >= 0.6 is 0 Å². The number of rotatable bonds is 7. The lowest BCUT2D eigenvalue weighted by Gasteiger charge is -2.13. The lowest BCUT2D eigenvalue weighted by Crippen LogP contribution is -2.42. The third kappa shape index (κ3) is 5.44. The molecule has 2 aromatic rings. The van der Waals surface area contributed by atoms with Crippen LogP contribution in [0, 0.1) is 0 Å². The van der Waals surface area contributed by atoms with E-state index in [0.29, 0.717) is 31.2 Å². The Morgan fingerprint density at radius 3 is 2.81 bits per heavy atom. The second kappa shape index (κ2) is 9.56. The molecule has 7 nitrogen and oxygen atoms in total. The van der Waals surface area contributed by atoms with Gasteiger partial charge in [-0.1, -0.05) is 18.2 Å². The highest BCUT2D eigenvalue weighted by Gasteiger charge is 2.21. The third-order valence-corrected chi connectivity index (χ3v) is 4.14. The maximum absolute atomic E-state index is 12.0. The number of carbonyl (C=O) groups is 1. The van der Waals surface area contributed by atoms with Gasteiger partial charge in [0.25, 0.3) is 5.91 Å². The van der Waals surface area contributed by atoms with Crippen molar-refractivity contribution in [3.05, 3.63) is 59.9 Å². The van der Waals surface area contributed by atoms with E-state index in [-0.39, 0.29) is 12.0 Å². The number of pyridine rings is 1.